The van der Waals surface area contributed by atoms with Gasteiger partial charge in [-0.05, 0) is 41.3 Å². The van der Waals surface area contributed by atoms with E-state index in [1.165, 1.54) is 11.6 Å². The molecule has 2 aliphatic rings. The van der Waals surface area contributed by atoms with Crippen LogP contribution in [0.5, 0.6) is 5.75 Å². The van der Waals surface area contributed by atoms with E-state index < -0.39 is 18.6 Å². The molecule has 8 heteroatoms. The topological polar surface area (TPSA) is 102 Å². The van der Waals surface area contributed by atoms with Gasteiger partial charge in [-0.2, -0.15) is 0 Å². The minimum Gasteiger partial charge on any atom is -0.508 e. The summed E-state index contributed by atoms with van der Waals surface area (Å²) < 4.78 is 5.36. The Morgan fingerprint density at radius 2 is 1.81 bits per heavy atom. The van der Waals surface area contributed by atoms with Gasteiger partial charge < -0.3 is 25.2 Å². The van der Waals surface area contributed by atoms with Crippen LogP contribution in [0.1, 0.15) is 27.0 Å². The Kier molecular flexibility index (Phi) is 7.04. The first-order chi connectivity index (χ1) is 15.5. The van der Waals surface area contributed by atoms with Gasteiger partial charge in [0.1, 0.15) is 11.8 Å². The first kappa shape index (κ1) is 22.3. The van der Waals surface area contributed by atoms with Gasteiger partial charge in [0.05, 0.1) is 19.8 Å². The maximum absolute atomic E-state index is 13.0. The molecular formula is C24H29N3O5. The number of carbonyl (C=O) groups excluding carboxylic acids is 2. The van der Waals surface area contributed by atoms with Crippen molar-refractivity contribution in [3.8, 4) is 5.75 Å². The largest absolute Gasteiger partial charge is 0.508 e. The fourth-order valence-electron chi connectivity index (χ4n) is 4.25. The highest BCUT2D eigenvalue weighted by molar-refractivity contribution is 5.98. The lowest BCUT2D eigenvalue weighted by Gasteiger charge is -2.31. The quantitative estimate of drug-likeness (QED) is 0.618. The van der Waals surface area contributed by atoms with E-state index in [1.807, 2.05) is 18.2 Å². The van der Waals surface area contributed by atoms with Crippen LogP contribution in [-0.4, -0.2) is 77.3 Å². The van der Waals surface area contributed by atoms with Crippen LogP contribution in [0.4, 0.5) is 0 Å². The van der Waals surface area contributed by atoms with E-state index in [2.05, 4.69) is 16.3 Å². The van der Waals surface area contributed by atoms with Gasteiger partial charge in [0.25, 0.3) is 5.91 Å². The lowest BCUT2D eigenvalue weighted by Crippen LogP contribution is -2.51. The molecule has 1 fully saturated rings. The molecule has 2 aromatic rings. The average molecular weight is 440 g/mol. The van der Waals surface area contributed by atoms with E-state index in [1.54, 1.807) is 17.0 Å². The molecule has 0 bridgehead atoms. The van der Waals surface area contributed by atoms with Gasteiger partial charge in [-0.25, -0.2) is 0 Å². The Morgan fingerprint density at radius 1 is 1.06 bits per heavy atom. The van der Waals surface area contributed by atoms with Crippen molar-refractivity contribution in [2.45, 2.75) is 25.6 Å². The van der Waals surface area contributed by atoms with Crippen LogP contribution >= 0.6 is 0 Å². The standard InChI is InChI=1S/C24H29N3O5/c28-16-22(24(31)27-6-5-18-3-1-2-4-19(18)15-27)25-23(30)20-11-17(12-21(29)13-20)14-26-7-9-32-10-8-26/h1-4,11-13,22,28-29H,5-10,14-16H2,(H,25,30). The van der Waals surface area contributed by atoms with E-state index in [-0.39, 0.29) is 17.2 Å². The number of nitrogens with zero attached hydrogens (tertiary/aromatic N) is 2. The van der Waals surface area contributed by atoms with Crippen LogP contribution in [0.2, 0.25) is 0 Å². The number of ether oxygens (including phenoxy) is 1. The lowest BCUT2D eigenvalue weighted by molar-refractivity contribution is -0.135. The summed E-state index contributed by atoms with van der Waals surface area (Å²) in [5, 5.41) is 22.6. The summed E-state index contributed by atoms with van der Waals surface area (Å²) >= 11 is 0. The molecule has 0 spiro atoms. The number of benzene rings is 2. The van der Waals surface area contributed by atoms with Crippen molar-refractivity contribution in [3.63, 3.8) is 0 Å². The smallest absolute Gasteiger partial charge is 0.252 e. The molecule has 0 aromatic heterocycles. The van der Waals surface area contributed by atoms with Gasteiger partial charge in [0.2, 0.25) is 5.91 Å². The number of phenols is 1. The molecule has 2 aromatic carbocycles. The molecule has 8 nitrogen and oxygen atoms in total. The zero-order valence-electron chi connectivity index (χ0n) is 18.0. The summed E-state index contributed by atoms with van der Waals surface area (Å²) in [6.07, 6.45) is 0.742. The third-order valence-corrected chi connectivity index (χ3v) is 5.98. The van der Waals surface area contributed by atoms with Crippen molar-refractivity contribution >= 4 is 11.8 Å². The first-order valence-corrected chi connectivity index (χ1v) is 10.9. The molecule has 4 rings (SSSR count). The highest BCUT2D eigenvalue weighted by Gasteiger charge is 2.28. The van der Waals surface area contributed by atoms with Crippen LogP contribution in [0.3, 0.4) is 0 Å². The van der Waals surface area contributed by atoms with Crippen LogP contribution in [0.25, 0.3) is 0 Å². The monoisotopic (exact) mass is 439 g/mol. The maximum atomic E-state index is 13.0. The fraction of sp³-hybridized carbons (Fsp3) is 0.417. The highest BCUT2D eigenvalue weighted by Crippen LogP contribution is 2.20. The Balaban J connectivity index is 1.42. The number of fused-ring (bicyclic) bond motifs is 1. The fourth-order valence-corrected chi connectivity index (χ4v) is 4.25. The summed E-state index contributed by atoms with van der Waals surface area (Å²) in [6.45, 7) is 3.99. The van der Waals surface area contributed by atoms with Crippen molar-refractivity contribution < 1.29 is 24.5 Å². The second-order valence-electron chi connectivity index (χ2n) is 8.26. The van der Waals surface area contributed by atoms with Gasteiger partial charge in [-0.3, -0.25) is 14.5 Å². The molecule has 2 aliphatic heterocycles. The van der Waals surface area contributed by atoms with Crippen molar-refractivity contribution in [1.82, 2.24) is 15.1 Å². The van der Waals surface area contributed by atoms with Crippen molar-refractivity contribution in [1.29, 1.82) is 0 Å². The molecule has 3 N–H and O–H groups in total. The van der Waals surface area contributed by atoms with Gasteiger partial charge in [0, 0.05) is 38.3 Å². The summed E-state index contributed by atoms with van der Waals surface area (Å²) in [5.74, 6) is -0.835. The van der Waals surface area contributed by atoms with E-state index in [4.69, 9.17) is 4.74 Å². The minimum atomic E-state index is -1.04. The second-order valence-corrected chi connectivity index (χ2v) is 8.26. The molecular weight excluding hydrogens is 410 g/mol. The Hall–Kier alpha value is -2.94. The van der Waals surface area contributed by atoms with E-state index in [0.717, 1.165) is 30.6 Å². The number of aliphatic hydroxyl groups excluding tert-OH is 1. The van der Waals surface area contributed by atoms with Gasteiger partial charge in [-0.15, -0.1) is 0 Å². The summed E-state index contributed by atoms with van der Waals surface area (Å²) in [5.41, 5.74) is 3.35. The number of rotatable bonds is 6. The molecule has 2 heterocycles. The molecule has 1 saturated heterocycles. The van der Waals surface area contributed by atoms with Crippen LogP contribution < -0.4 is 5.32 Å². The number of nitrogens with one attached hydrogen (secondary N) is 1. The Bertz CT molecular complexity index is 974. The Labute approximate surface area is 187 Å². The highest BCUT2D eigenvalue weighted by atomic mass is 16.5. The van der Waals surface area contributed by atoms with Crippen molar-refractivity contribution in [2.75, 3.05) is 39.5 Å². The molecule has 170 valence electrons. The third kappa shape index (κ3) is 5.27. The Morgan fingerprint density at radius 3 is 2.56 bits per heavy atom. The number of hydrogen-bond donors (Lipinski definition) is 3. The first-order valence-electron chi connectivity index (χ1n) is 10.9. The molecule has 2 amide bonds. The number of aromatic hydroxyl groups is 1. The van der Waals surface area contributed by atoms with Crippen LogP contribution in [0, 0.1) is 0 Å². The minimum absolute atomic E-state index is 0.0135. The molecule has 0 radical (unpaired) electrons. The third-order valence-electron chi connectivity index (χ3n) is 5.98. The summed E-state index contributed by atoms with van der Waals surface area (Å²) in [4.78, 5) is 29.7. The molecule has 1 unspecified atom stereocenters. The van der Waals surface area contributed by atoms with Crippen LogP contribution in [0.15, 0.2) is 42.5 Å². The predicted octanol–water partition coefficient (Wildman–Crippen LogP) is 0.900. The number of amides is 2. The molecule has 1 atom stereocenters. The number of morpholine rings is 1. The van der Waals surface area contributed by atoms with Gasteiger partial charge in [0.15, 0.2) is 0 Å². The summed E-state index contributed by atoms with van der Waals surface area (Å²) in [6, 6.07) is 11.6. The zero-order chi connectivity index (χ0) is 22.5. The molecule has 0 aliphatic carbocycles. The number of phenolic OH excluding ortho intramolecular Hbond substituents is 1. The molecule has 32 heavy (non-hydrogen) atoms. The maximum Gasteiger partial charge on any atom is 0.252 e. The predicted molar refractivity (Wildman–Crippen MR) is 118 cm³/mol. The lowest BCUT2D eigenvalue weighted by atomic mass is 9.99. The summed E-state index contributed by atoms with van der Waals surface area (Å²) in [7, 11) is 0. The van der Waals surface area contributed by atoms with E-state index >= 15 is 0 Å². The second kappa shape index (κ2) is 10.1. The molecule has 0 saturated carbocycles. The number of hydrogen-bond acceptors (Lipinski definition) is 6. The van der Waals surface area contributed by atoms with Crippen LogP contribution in [-0.2, 0) is 29.0 Å². The number of aliphatic hydroxyl groups is 1. The van der Waals surface area contributed by atoms with E-state index in [9.17, 15) is 19.8 Å². The van der Waals surface area contributed by atoms with Crippen molar-refractivity contribution in [3.05, 3.63) is 64.7 Å². The SMILES string of the molecule is O=C(NC(CO)C(=O)N1CCc2ccccc2C1)c1cc(O)cc(CN2CCOCC2)c1. The average Bonchev–Trinajstić information content (AvgIpc) is 2.82. The van der Waals surface area contributed by atoms with Gasteiger partial charge in [-0.1, -0.05) is 24.3 Å². The number of carbonyl (C=O) groups is 2. The van der Waals surface area contributed by atoms with Crippen molar-refractivity contribution in [2.24, 2.45) is 0 Å². The van der Waals surface area contributed by atoms with Gasteiger partial charge >= 0.3 is 0 Å². The van der Waals surface area contributed by atoms with E-state index in [0.29, 0.717) is 32.8 Å². The normalized spacial score (nSPS) is 17.5. The zero-order valence-corrected chi connectivity index (χ0v) is 18.0.